The molecule has 0 aliphatic rings. The van der Waals surface area contributed by atoms with Crippen molar-refractivity contribution in [1.82, 2.24) is 14.5 Å². The molecule has 2 aromatic heterocycles. The first-order valence-electron chi connectivity index (χ1n) is 24.0. The van der Waals surface area contributed by atoms with E-state index in [0.29, 0.717) is 22.6 Å². The molecule has 4 nitrogen and oxygen atoms in total. The summed E-state index contributed by atoms with van der Waals surface area (Å²) >= 11 is 0. The van der Waals surface area contributed by atoms with E-state index < -0.39 is 12.3 Å². The zero-order valence-electron chi connectivity index (χ0n) is 42.2. The molecule has 0 saturated carbocycles. The molecule has 0 spiro atoms. The molecule has 0 fully saturated rings. The Morgan fingerprint density at radius 1 is 0.530 bits per heavy atom. The fraction of sp³-hybridized carbons (Fsp3) is 0.213. The van der Waals surface area contributed by atoms with Crippen LogP contribution in [-0.4, -0.2) is 19.6 Å². The van der Waals surface area contributed by atoms with Gasteiger partial charge in [-0.2, -0.15) is 0 Å². The Hall–Kier alpha value is -6.35. The molecule has 2 heterocycles. The van der Waals surface area contributed by atoms with Gasteiger partial charge in [0.25, 0.3) is 0 Å². The van der Waals surface area contributed by atoms with Crippen molar-refractivity contribution in [3.63, 3.8) is 0 Å². The summed E-state index contributed by atoms with van der Waals surface area (Å²) in [7, 11) is 0. The van der Waals surface area contributed by atoms with Crippen molar-refractivity contribution in [2.24, 2.45) is 0 Å². The second-order valence-electron chi connectivity index (χ2n) is 20.3. The smallest absolute Gasteiger partial charge is 0.148 e. The van der Waals surface area contributed by atoms with Gasteiger partial charge in [0.1, 0.15) is 11.6 Å². The minimum atomic E-state index is -2.40. The molecule has 1 N–H and O–H groups in total. The number of nitrogens with zero attached hydrogens (tertiary/aromatic N) is 3. The van der Waals surface area contributed by atoms with Crippen LogP contribution in [0.25, 0.3) is 83.9 Å². The standard InChI is InChI=1S/C61H58N3O.Pt/c1-39-30-45(41-20-15-12-16-21-41)35-50(31-39)64-55-23-17-22-51(56(55)63-58(64)52-37-49(60(5,6)7)38-53(57(52)65)61(8,9)10)46-32-47(34-48(33-46)59(2,3)4)54-36-44(28-29-62-54)43-26-24-42(25-27-43)40-18-13-11-14-19-40;/h11-31,33-38,65H,1-10H3;/q-1;/i1D3;. The summed E-state index contributed by atoms with van der Waals surface area (Å²) in [5.41, 5.74) is 14.4. The van der Waals surface area contributed by atoms with Gasteiger partial charge in [0.2, 0.25) is 0 Å². The topological polar surface area (TPSA) is 50.9 Å². The molecule has 66 heavy (non-hydrogen) atoms. The fourth-order valence-electron chi connectivity index (χ4n) is 8.63. The Morgan fingerprint density at radius 2 is 1.12 bits per heavy atom. The monoisotopic (exact) mass is 1050 g/mol. The molecular weight excluding hydrogens is 986 g/mol. The van der Waals surface area contributed by atoms with Gasteiger partial charge >= 0.3 is 0 Å². The van der Waals surface area contributed by atoms with Crippen LogP contribution in [0.15, 0.2) is 164 Å². The van der Waals surface area contributed by atoms with E-state index in [-0.39, 0.29) is 43.2 Å². The Bertz CT molecular complexity index is 3320. The van der Waals surface area contributed by atoms with E-state index in [0.717, 1.165) is 72.4 Å². The first-order chi connectivity index (χ1) is 32.1. The summed E-state index contributed by atoms with van der Waals surface area (Å²) in [6.45, 7) is 17.1. The number of phenolic OH excluding ortho intramolecular Hbond substituents is 1. The van der Waals surface area contributed by atoms with Gasteiger partial charge < -0.3 is 5.11 Å². The zero-order chi connectivity index (χ0) is 48.3. The second kappa shape index (κ2) is 17.8. The number of fused-ring (bicyclic) bond motifs is 1. The second-order valence-corrected chi connectivity index (χ2v) is 20.3. The molecular formula is C61H58N3OPt-. The molecule has 0 aliphatic carbocycles. The van der Waals surface area contributed by atoms with Crippen molar-refractivity contribution in [1.29, 1.82) is 0 Å². The van der Waals surface area contributed by atoms with Crippen molar-refractivity contribution in [3.8, 4) is 78.6 Å². The molecule has 0 atom stereocenters. The van der Waals surface area contributed by atoms with Crippen molar-refractivity contribution in [2.45, 2.75) is 85.4 Å². The molecule has 0 radical (unpaired) electrons. The number of aromatic hydroxyl groups is 1. The van der Waals surface area contributed by atoms with Crippen LogP contribution in [0.5, 0.6) is 5.75 Å². The Labute approximate surface area is 410 Å². The third-order valence-electron chi connectivity index (χ3n) is 12.4. The molecule has 9 aromatic rings. The minimum absolute atomic E-state index is 0. The van der Waals surface area contributed by atoms with Crippen molar-refractivity contribution >= 4 is 11.0 Å². The summed E-state index contributed by atoms with van der Waals surface area (Å²) in [6, 6.07) is 57.0. The van der Waals surface area contributed by atoms with E-state index in [1.165, 1.54) is 5.56 Å². The number of phenols is 1. The number of hydrogen-bond acceptors (Lipinski definition) is 3. The fourth-order valence-corrected chi connectivity index (χ4v) is 8.63. The van der Waals surface area contributed by atoms with Crippen LogP contribution in [0.2, 0.25) is 0 Å². The van der Waals surface area contributed by atoms with Crippen LogP contribution in [0.1, 0.15) is 88.7 Å². The van der Waals surface area contributed by atoms with Gasteiger partial charge in [-0.15, -0.1) is 29.3 Å². The predicted molar refractivity (Wildman–Crippen MR) is 273 cm³/mol. The van der Waals surface area contributed by atoms with Gasteiger partial charge in [-0.05, 0) is 97.9 Å². The molecule has 0 bridgehead atoms. The Kier molecular flexibility index (Phi) is 11.4. The van der Waals surface area contributed by atoms with Crippen molar-refractivity contribution < 1.29 is 30.3 Å². The third kappa shape index (κ3) is 9.22. The van der Waals surface area contributed by atoms with E-state index in [2.05, 4.69) is 147 Å². The van der Waals surface area contributed by atoms with E-state index in [1.54, 1.807) is 12.1 Å². The van der Waals surface area contributed by atoms with Crippen LogP contribution < -0.4 is 0 Å². The molecule has 7 aromatic carbocycles. The van der Waals surface area contributed by atoms with Gasteiger partial charge in [-0.3, -0.25) is 9.55 Å². The maximum Gasteiger partial charge on any atom is 0.148 e. The molecule has 0 amide bonds. The number of pyridine rings is 1. The Balaban J connectivity index is 0.00000642. The number of para-hydroxylation sites is 1. The van der Waals surface area contributed by atoms with Crippen molar-refractivity contribution in [2.75, 3.05) is 0 Å². The predicted octanol–water partition coefficient (Wildman–Crippen LogP) is 16.1. The first kappa shape index (κ1) is 42.3. The molecule has 0 saturated heterocycles. The quantitative estimate of drug-likeness (QED) is 0.162. The van der Waals surface area contributed by atoms with Gasteiger partial charge in [-0.1, -0.05) is 189 Å². The van der Waals surface area contributed by atoms with Gasteiger partial charge in [0, 0.05) is 48.3 Å². The summed E-state index contributed by atoms with van der Waals surface area (Å²) in [5.74, 6) is 0.645. The van der Waals surface area contributed by atoms with E-state index >= 15 is 0 Å². The van der Waals surface area contributed by atoms with Gasteiger partial charge in [0.15, 0.2) is 0 Å². The summed E-state index contributed by atoms with van der Waals surface area (Å²) in [6.07, 6.45) is 1.86. The SMILES string of the molecule is [2H]C([2H])([2H])c1cc(-c2ccccc2)cc(-n2c(-c3cc(C(C)(C)C)cc(C(C)(C)C)c3O)nc3c(-c4[c-]c(-c5cc(-c6ccc(-c7ccccc7)cc6)ccn5)cc(C(C)(C)C)c4)cccc32)c1.[Pt]. The molecule has 0 unspecified atom stereocenters. The summed E-state index contributed by atoms with van der Waals surface area (Å²) in [5, 5.41) is 12.5. The normalized spacial score (nSPS) is 12.9. The number of aromatic nitrogens is 3. The summed E-state index contributed by atoms with van der Waals surface area (Å²) in [4.78, 5) is 10.5. The number of aryl methyl sites for hydroxylation is 1. The maximum absolute atomic E-state index is 12.5. The van der Waals surface area contributed by atoms with Crippen LogP contribution in [0.4, 0.5) is 0 Å². The average Bonchev–Trinajstić information content (AvgIpc) is 3.70. The van der Waals surface area contributed by atoms with E-state index in [1.807, 2.05) is 77.5 Å². The zero-order valence-corrected chi connectivity index (χ0v) is 41.5. The molecule has 334 valence electrons. The van der Waals surface area contributed by atoms with Crippen LogP contribution >= 0.6 is 0 Å². The molecule has 5 heteroatoms. The minimum Gasteiger partial charge on any atom is -0.507 e. The largest absolute Gasteiger partial charge is 0.507 e. The summed E-state index contributed by atoms with van der Waals surface area (Å²) < 4.78 is 27.9. The van der Waals surface area contributed by atoms with Crippen LogP contribution in [0, 0.1) is 12.9 Å². The number of imidazole rings is 1. The Morgan fingerprint density at radius 3 is 1.74 bits per heavy atom. The third-order valence-corrected chi connectivity index (χ3v) is 12.4. The molecule has 9 rings (SSSR count). The number of benzene rings is 7. The van der Waals surface area contributed by atoms with Gasteiger partial charge in [-0.25, -0.2) is 4.98 Å². The maximum atomic E-state index is 12.5. The van der Waals surface area contributed by atoms with E-state index in [4.69, 9.17) is 14.1 Å². The van der Waals surface area contributed by atoms with Crippen molar-refractivity contribution in [3.05, 3.63) is 192 Å². The van der Waals surface area contributed by atoms with E-state index in [9.17, 15) is 5.11 Å². The average molecular weight is 1050 g/mol. The first-order valence-corrected chi connectivity index (χ1v) is 22.5. The van der Waals surface area contributed by atoms with Crippen LogP contribution in [0.3, 0.4) is 0 Å². The van der Waals surface area contributed by atoms with Gasteiger partial charge in [0.05, 0.1) is 16.6 Å². The number of rotatable bonds is 7. The molecule has 0 aliphatic heterocycles. The van der Waals surface area contributed by atoms with Crippen LogP contribution in [-0.2, 0) is 37.3 Å². The number of hydrogen-bond donors (Lipinski definition) is 1.